The first-order valence-corrected chi connectivity index (χ1v) is 7.33. The minimum absolute atomic E-state index is 0.0292. The maximum Gasteiger partial charge on any atom is 0.263 e. The Morgan fingerprint density at radius 1 is 1.29 bits per heavy atom. The molecule has 0 bridgehead atoms. The first-order valence-electron chi connectivity index (χ1n) is 7.33. The number of likely N-dealkylation sites (N-methyl/N-ethyl adjacent to an activating group) is 1. The minimum Gasteiger partial charge on any atom is -0.497 e. The number of amides is 1. The van der Waals surface area contributed by atoms with Gasteiger partial charge in [0, 0.05) is 30.8 Å². The number of benzene rings is 1. The summed E-state index contributed by atoms with van der Waals surface area (Å²) in [6, 6.07) is 5.29. The number of carbonyl (C=O) groups excluding carboxylic acids is 1. The van der Waals surface area contributed by atoms with Crippen molar-refractivity contribution in [1.29, 1.82) is 0 Å². The molecule has 0 aromatic heterocycles. The van der Waals surface area contributed by atoms with Crippen LogP contribution in [0.15, 0.2) is 18.2 Å². The van der Waals surface area contributed by atoms with Crippen molar-refractivity contribution >= 4 is 5.91 Å². The highest BCUT2D eigenvalue weighted by molar-refractivity contribution is 5.80. The second-order valence-electron chi connectivity index (χ2n) is 4.96. The topological polar surface area (TPSA) is 64.8 Å². The second-order valence-corrected chi connectivity index (χ2v) is 4.96. The van der Waals surface area contributed by atoms with Gasteiger partial charge in [0.2, 0.25) is 0 Å². The average Bonchev–Trinajstić information content (AvgIpc) is 2.47. The van der Waals surface area contributed by atoms with Crippen LogP contribution in [0.25, 0.3) is 0 Å². The van der Waals surface area contributed by atoms with Gasteiger partial charge in [-0.25, -0.2) is 0 Å². The summed E-state index contributed by atoms with van der Waals surface area (Å²) in [4.78, 5) is 14.0. The van der Waals surface area contributed by atoms with Gasteiger partial charge in [-0.15, -0.1) is 0 Å². The van der Waals surface area contributed by atoms with Gasteiger partial charge in [-0.1, -0.05) is 6.07 Å². The molecule has 0 aliphatic heterocycles. The molecule has 0 aliphatic rings. The summed E-state index contributed by atoms with van der Waals surface area (Å²) in [7, 11) is 1.59. The van der Waals surface area contributed by atoms with Crippen molar-refractivity contribution in [2.75, 3.05) is 20.2 Å². The van der Waals surface area contributed by atoms with Crippen LogP contribution in [0.3, 0.4) is 0 Å². The molecule has 1 rings (SSSR count). The lowest BCUT2D eigenvalue weighted by Crippen LogP contribution is -2.40. The second kappa shape index (κ2) is 7.88. The molecule has 0 saturated carbocycles. The Kier molecular flexibility index (Phi) is 6.49. The molecular weight excluding hydrogens is 268 g/mol. The molecule has 118 valence electrons. The summed E-state index contributed by atoms with van der Waals surface area (Å²) in [5, 5.41) is 0. The fourth-order valence-electron chi connectivity index (χ4n) is 2.15. The van der Waals surface area contributed by atoms with Crippen LogP contribution in [-0.2, 0) is 4.79 Å². The zero-order valence-electron chi connectivity index (χ0n) is 13.6. The third-order valence-corrected chi connectivity index (χ3v) is 3.44. The summed E-state index contributed by atoms with van der Waals surface area (Å²) >= 11 is 0. The van der Waals surface area contributed by atoms with Crippen LogP contribution in [0.2, 0.25) is 0 Å². The van der Waals surface area contributed by atoms with Gasteiger partial charge in [-0.2, -0.15) is 0 Å². The van der Waals surface area contributed by atoms with E-state index in [1.165, 1.54) is 0 Å². The summed E-state index contributed by atoms with van der Waals surface area (Å²) < 4.78 is 11.0. The Balaban J connectivity index is 2.97. The van der Waals surface area contributed by atoms with E-state index in [1.54, 1.807) is 25.0 Å². The van der Waals surface area contributed by atoms with Crippen molar-refractivity contribution in [3.05, 3.63) is 23.8 Å². The monoisotopic (exact) mass is 294 g/mol. The van der Waals surface area contributed by atoms with E-state index in [0.717, 1.165) is 5.56 Å². The van der Waals surface area contributed by atoms with Gasteiger partial charge < -0.3 is 20.1 Å². The van der Waals surface area contributed by atoms with Crippen LogP contribution in [0.4, 0.5) is 0 Å². The van der Waals surface area contributed by atoms with Crippen molar-refractivity contribution in [3.8, 4) is 11.5 Å². The lowest BCUT2D eigenvalue weighted by molar-refractivity contribution is -0.137. The maximum absolute atomic E-state index is 12.3. The van der Waals surface area contributed by atoms with Crippen LogP contribution >= 0.6 is 0 Å². The number of ether oxygens (including phenoxy) is 2. The number of methoxy groups -OCH3 is 1. The molecule has 0 saturated heterocycles. The van der Waals surface area contributed by atoms with E-state index in [4.69, 9.17) is 15.2 Å². The van der Waals surface area contributed by atoms with Crippen molar-refractivity contribution in [1.82, 2.24) is 4.90 Å². The first kappa shape index (κ1) is 17.3. The number of nitrogens with zero attached hydrogens (tertiary/aromatic N) is 1. The number of hydrogen-bond acceptors (Lipinski definition) is 4. The van der Waals surface area contributed by atoms with Gasteiger partial charge in [0.1, 0.15) is 11.5 Å². The molecule has 5 nitrogen and oxygen atoms in total. The molecule has 2 atom stereocenters. The zero-order chi connectivity index (χ0) is 16.0. The highest BCUT2D eigenvalue weighted by Gasteiger charge is 2.21. The fraction of sp³-hybridized carbons (Fsp3) is 0.562. The van der Waals surface area contributed by atoms with Crippen LogP contribution in [-0.4, -0.2) is 37.1 Å². The SMILES string of the molecule is CCN(CC)C(=O)C(C)Oc1cc(OC)ccc1[C@@H](C)N. The normalized spacial score (nSPS) is 13.4. The van der Waals surface area contributed by atoms with Crippen molar-refractivity contribution in [2.24, 2.45) is 5.73 Å². The lowest BCUT2D eigenvalue weighted by atomic mass is 10.1. The van der Waals surface area contributed by atoms with Crippen LogP contribution in [0, 0.1) is 0 Å². The van der Waals surface area contributed by atoms with E-state index in [1.807, 2.05) is 32.9 Å². The molecule has 5 heteroatoms. The van der Waals surface area contributed by atoms with Gasteiger partial charge in [0.05, 0.1) is 7.11 Å². The number of carbonyl (C=O) groups is 1. The molecule has 1 amide bonds. The smallest absolute Gasteiger partial charge is 0.263 e. The van der Waals surface area contributed by atoms with E-state index in [9.17, 15) is 4.79 Å². The Bertz CT molecular complexity index is 471. The van der Waals surface area contributed by atoms with E-state index < -0.39 is 6.10 Å². The highest BCUT2D eigenvalue weighted by atomic mass is 16.5. The Morgan fingerprint density at radius 3 is 2.38 bits per heavy atom. The van der Waals surface area contributed by atoms with Crippen molar-refractivity contribution < 1.29 is 14.3 Å². The molecule has 1 aromatic rings. The fourth-order valence-corrected chi connectivity index (χ4v) is 2.15. The van der Waals surface area contributed by atoms with Gasteiger partial charge in [0.25, 0.3) is 5.91 Å². The van der Waals surface area contributed by atoms with Gasteiger partial charge in [-0.3, -0.25) is 4.79 Å². The van der Waals surface area contributed by atoms with Gasteiger partial charge >= 0.3 is 0 Å². The molecule has 0 spiro atoms. The molecule has 0 fully saturated rings. The number of hydrogen-bond donors (Lipinski definition) is 1. The van der Waals surface area contributed by atoms with E-state index in [2.05, 4.69) is 0 Å². The van der Waals surface area contributed by atoms with Gasteiger partial charge in [-0.05, 0) is 33.8 Å². The molecule has 0 radical (unpaired) electrons. The third-order valence-electron chi connectivity index (χ3n) is 3.44. The van der Waals surface area contributed by atoms with E-state index in [0.29, 0.717) is 24.6 Å². The first-order chi connectivity index (χ1) is 9.94. The summed E-state index contributed by atoms with van der Waals surface area (Å²) in [6.45, 7) is 8.87. The molecule has 0 aliphatic carbocycles. The molecule has 2 N–H and O–H groups in total. The van der Waals surface area contributed by atoms with Crippen LogP contribution < -0.4 is 15.2 Å². The summed E-state index contributed by atoms with van der Waals surface area (Å²) in [5.74, 6) is 1.24. The predicted octanol–water partition coefficient (Wildman–Crippen LogP) is 2.35. The number of rotatable bonds is 7. The quantitative estimate of drug-likeness (QED) is 0.838. The minimum atomic E-state index is -0.561. The Morgan fingerprint density at radius 2 is 1.90 bits per heavy atom. The largest absolute Gasteiger partial charge is 0.497 e. The van der Waals surface area contributed by atoms with E-state index >= 15 is 0 Å². The number of nitrogens with two attached hydrogens (primary N) is 1. The molecular formula is C16H26N2O3. The summed E-state index contributed by atoms with van der Waals surface area (Å²) in [6.07, 6.45) is -0.561. The average molecular weight is 294 g/mol. The molecule has 0 heterocycles. The highest BCUT2D eigenvalue weighted by Crippen LogP contribution is 2.29. The van der Waals surface area contributed by atoms with Crippen LogP contribution in [0.1, 0.15) is 39.3 Å². The molecule has 1 aromatic carbocycles. The maximum atomic E-state index is 12.3. The van der Waals surface area contributed by atoms with Crippen molar-refractivity contribution in [2.45, 2.75) is 39.8 Å². The zero-order valence-corrected chi connectivity index (χ0v) is 13.6. The van der Waals surface area contributed by atoms with E-state index in [-0.39, 0.29) is 11.9 Å². The molecule has 1 unspecified atom stereocenters. The van der Waals surface area contributed by atoms with Crippen molar-refractivity contribution in [3.63, 3.8) is 0 Å². The standard InChI is InChI=1S/C16H26N2O3/c1-6-18(7-2)16(19)12(4)21-15-10-13(20-5)8-9-14(15)11(3)17/h8-12H,6-7,17H2,1-5H3/t11-,12?/m1/s1. The summed E-state index contributed by atoms with van der Waals surface area (Å²) in [5.41, 5.74) is 6.81. The predicted molar refractivity (Wildman–Crippen MR) is 83.6 cm³/mol. The molecule has 21 heavy (non-hydrogen) atoms. The van der Waals surface area contributed by atoms with Gasteiger partial charge in [0.15, 0.2) is 6.10 Å². The Labute approximate surface area is 127 Å². The Hall–Kier alpha value is -1.75. The third kappa shape index (κ3) is 4.36. The lowest BCUT2D eigenvalue weighted by Gasteiger charge is -2.25. The van der Waals surface area contributed by atoms with Crippen LogP contribution in [0.5, 0.6) is 11.5 Å².